The summed E-state index contributed by atoms with van der Waals surface area (Å²) in [5.74, 6) is -0.262. The third-order valence-electron chi connectivity index (χ3n) is 6.82. The maximum Gasteiger partial charge on any atom is 0.264 e. The lowest BCUT2D eigenvalue weighted by molar-refractivity contribution is -0.140. The fourth-order valence-electron chi connectivity index (χ4n) is 4.69. The van der Waals surface area contributed by atoms with Crippen molar-refractivity contribution in [1.82, 2.24) is 10.2 Å². The molecule has 0 aliphatic carbocycles. The summed E-state index contributed by atoms with van der Waals surface area (Å²) >= 11 is 3.42. The first-order valence-electron chi connectivity index (χ1n) is 13.8. The number of ether oxygens (including phenoxy) is 1. The van der Waals surface area contributed by atoms with Gasteiger partial charge in [0.25, 0.3) is 10.0 Å². The van der Waals surface area contributed by atoms with Crippen molar-refractivity contribution in [3.63, 3.8) is 0 Å². The number of benzene rings is 4. The molecule has 1 atom stereocenters. The van der Waals surface area contributed by atoms with Crippen molar-refractivity contribution in [2.45, 2.75) is 30.8 Å². The molecular formula is C33H34BrN3O5S. The molecule has 1 N–H and O–H groups in total. The zero-order valence-corrected chi connectivity index (χ0v) is 26.4. The molecule has 10 heteroatoms. The van der Waals surface area contributed by atoms with Gasteiger partial charge in [0, 0.05) is 24.0 Å². The number of nitrogens with one attached hydrogen (secondary N) is 1. The van der Waals surface area contributed by atoms with Crippen LogP contribution in [0.2, 0.25) is 0 Å². The van der Waals surface area contributed by atoms with E-state index in [2.05, 4.69) is 21.2 Å². The molecule has 0 heterocycles. The van der Waals surface area contributed by atoms with Crippen LogP contribution in [0.15, 0.2) is 119 Å². The predicted molar refractivity (Wildman–Crippen MR) is 171 cm³/mol. The standard InChI is InChI=1S/C33H34BrN3O5S/c1-3-35-33(39)31(21-25-12-6-4-7-13-25)36(23-26-14-10-17-29(20-26)42-2)32(38)24-37(28-16-11-15-27(34)22-28)43(40,41)30-18-8-5-9-19-30/h4-20,22,31H,3,21,23-24H2,1-2H3,(H,35,39)/t31-/m1/s1. The zero-order chi connectivity index (χ0) is 30.8. The van der Waals surface area contributed by atoms with E-state index in [9.17, 15) is 18.0 Å². The molecule has 224 valence electrons. The van der Waals surface area contributed by atoms with Gasteiger partial charge in [-0.25, -0.2) is 8.42 Å². The lowest BCUT2D eigenvalue weighted by Crippen LogP contribution is -2.53. The fraction of sp³-hybridized carbons (Fsp3) is 0.212. The first-order chi connectivity index (χ1) is 20.7. The van der Waals surface area contributed by atoms with Crippen LogP contribution in [0.3, 0.4) is 0 Å². The summed E-state index contributed by atoms with van der Waals surface area (Å²) in [6.45, 7) is 1.72. The Bertz CT molecular complexity index is 1630. The highest BCUT2D eigenvalue weighted by atomic mass is 79.9. The molecule has 2 amide bonds. The number of carbonyl (C=O) groups is 2. The molecule has 0 saturated carbocycles. The van der Waals surface area contributed by atoms with Crippen molar-refractivity contribution >= 4 is 43.5 Å². The SMILES string of the molecule is CCNC(=O)[C@@H](Cc1ccccc1)N(Cc1cccc(OC)c1)C(=O)CN(c1cccc(Br)c1)S(=O)(=O)c1ccccc1. The molecular weight excluding hydrogens is 630 g/mol. The first-order valence-corrected chi connectivity index (χ1v) is 16.0. The van der Waals surface area contributed by atoms with Gasteiger partial charge in [-0.05, 0) is 60.5 Å². The minimum Gasteiger partial charge on any atom is -0.497 e. The van der Waals surface area contributed by atoms with Gasteiger partial charge in [0.1, 0.15) is 18.3 Å². The maximum absolute atomic E-state index is 14.4. The molecule has 0 radical (unpaired) electrons. The van der Waals surface area contributed by atoms with Gasteiger partial charge in [-0.3, -0.25) is 13.9 Å². The van der Waals surface area contributed by atoms with Crippen molar-refractivity contribution in [3.05, 3.63) is 125 Å². The molecule has 4 rings (SSSR count). The molecule has 43 heavy (non-hydrogen) atoms. The van der Waals surface area contributed by atoms with E-state index >= 15 is 0 Å². The normalized spacial score (nSPS) is 11.8. The minimum atomic E-state index is -4.15. The Labute approximate surface area is 261 Å². The Hall–Kier alpha value is -4.15. The molecule has 0 saturated heterocycles. The number of sulfonamides is 1. The molecule has 0 aliphatic heterocycles. The Morgan fingerprint density at radius 2 is 1.51 bits per heavy atom. The highest BCUT2D eigenvalue weighted by Gasteiger charge is 2.34. The molecule has 0 aliphatic rings. The third-order valence-corrected chi connectivity index (χ3v) is 9.10. The van der Waals surface area contributed by atoms with Crippen molar-refractivity contribution in [3.8, 4) is 5.75 Å². The van der Waals surface area contributed by atoms with E-state index in [1.807, 2.05) is 49.4 Å². The monoisotopic (exact) mass is 663 g/mol. The number of halogens is 1. The molecule has 0 aromatic heterocycles. The Kier molecular flexibility index (Phi) is 11.0. The van der Waals surface area contributed by atoms with Crippen molar-refractivity contribution in [1.29, 1.82) is 0 Å². The lowest BCUT2D eigenvalue weighted by Gasteiger charge is -2.34. The van der Waals surface area contributed by atoms with Crippen molar-refractivity contribution in [2.75, 3.05) is 24.5 Å². The Morgan fingerprint density at radius 1 is 0.860 bits per heavy atom. The number of rotatable bonds is 13. The van der Waals surface area contributed by atoms with Crippen LogP contribution in [-0.2, 0) is 32.6 Å². The number of likely N-dealkylation sites (N-methyl/N-ethyl adjacent to an activating group) is 1. The van der Waals surface area contributed by atoms with Crippen LogP contribution in [0.1, 0.15) is 18.1 Å². The summed E-state index contributed by atoms with van der Waals surface area (Å²) in [6.07, 6.45) is 0.241. The summed E-state index contributed by atoms with van der Waals surface area (Å²) in [5, 5.41) is 2.86. The summed E-state index contributed by atoms with van der Waals surface area (Å²) in [4.78, 5) is 29.4. The number of methoxy groups -OCH3 is 1. The average Bonchev–Trinajstić information content (AvgIpc) is 3.02. The van der Waals surface area contributed by atoms with Crippen LogP contribution < -0.4 is 14.4 Å². The first kappa shape index (κ1) is 31.8. The lowest BCUT2D eigenvalue weighted by atomic mass is 10.0. The molecule has 8 nitrogen and oxygen atoms in total. The van der Waals surface area contributed by atoms with E-state index in [-0.39, 0.29) is 23.8 Å². The van der Waals surface area contributed by atoms with Crippen LogP contribution in [0, 0.1) is 0 Å². The van der Waals surface area contributed by atoms with E-state index < -0.39 is 28.5 Å². The summed E-state index contributed by atoms with van der Waals surface area (Å²) in [5.41, 5.74) is 1.91. The number of hydrogen-bond acceptors (Lipinski definition) is 5. The second kappa shape index (κ2) is 14.8. The van der Waals surface area contributed by atoms with E-state index in [1.165, 1.54) is 17.0 Å². The largest absolute Gasteiger partial charge is 0.497 e. The molecule has 4 aromatic rings. The second-order valence-electron chi connectivity index (χ2n) is 9.78. The Morgan fingerprint density at radius 3 is 2.16 bits per heavy atom. The molecule has 0 fully saturated rings. The number of hydrogen-bond donors (Lipinski definition) is 1. The van der Waals surface area contributed by atoms with Gasteiger partial charge in [-0.1, -0.05) is 82.7 Å². The molecule has 0 bridgehead atoms. The minimum absolute atomic E-state index is 0.0479. The third kappa shape index (κ3) is 8.24. The van der Waals surface area contributed by atoms with Crippen molar-refractivity contribution < 1.29 is 22.7 Å². The van der Waals surface area contributed by atoms with Gasteiger partial charge in [0.05, 0.1) is 17.7 Å². The summed E-state index contributed by atoms with van der Waals surface area (Å²) < 4.78 is 35.1. The van der Waals surface area contributed by atoms with E-state index in [0.717, 1.165) is 15.4 Å². The Balaban J connectivity index is 1.80. The maximum atomic E-state index is 14.4. The second-order valence-corrected chi connectivity index (χ2v) is 12.6. The summed E-state index contributed by atoms with van der Waals surface area (Å²) in [6, 6.07) is 30.5. The van der Waals surface area contributed by atoms with E-state index in [0.29, 0.717) is 22.5 Å². The fourth-order valence-corrected chi connectivity index (χ4v) is 6.51. The molecule has 0 unspecified atom stereocenters. The quantitative estimate of drug-likeness (QED) is 0.206. The van der Waals surface area contributed by atoms with Gasteiger partial charge in [-0.2, -0.15) is 0 Å². The number of anilines is 1. The molecule has 0 spiro atoms. The number of carbonyl (C=O) groups excluding carboxylic acids is 2. The van der Waals surface area contributed by atoms with E-state index in [1.54, 1.807) is 61.7 Å². The smallest absolute Gasteiger partial charge is 0.264 e. The topological polar surface area (TPSA) is 96.0 Å². The van der Waals surface area contributed by atoms with Gasteiger partial charge in [0.2, 0.25) is 11.8 Å². The van der Waals surface area contributed by atoms with Crippen LogP contribution in [0.4, 0.5) is 5.69 Å². The van der Waals surface area contributed by atoms with Crippen molar-refractivity contribution in [2.24, 2.45) is 0 Å². The van der Waals surface area contributed by atoms with Gasteiger partial charge in [0.15, 0.2) is 0 Å². The predicted octanol–water partition coefficient (Wildman–Crippen LogP) is 5.43. The van der Waals surface area contributed by atoms with Gasteiger partial charge in [-0.15, -0.1) is 0 Å². The van der Waals surface area contributed by atoms with Crippen LogP contribution >= 0.6 is 15.9 Å². The highest BCUT2D eigenvalue weighted by Crippen LogP contribution is 2.27. The zero-order valence-electron chi connectivity index (χ0n) is 24.0. The highest BCUT2D eigenvalue weighted by molar-refractivity contribution is 9.10. The van der Waals surface area contributed by atoms with Crippen LogP contribution in [0.5, 0.6) is 5.75 Å². The molecule has 4 aromatic carbocycles. The van der Waals surface area contributed by atoms with Gasteiger partial charge >= 0.3 is 0 Å². The average molecular weight is 665 g/mol. The number of nitrogens with zero attached hydrogens (tertiary/aromatic N) is 2. The summed E-state index contributed by atoms with van der Waals surface area (Å²) in [7, 11) is -2.60. The van der Waals surface area contributed by atoms with Crippen LogP contribution in [-0.4, -0.2) is 51.4 Å². The van der Waals surface area contributed by atoms with E-state index in [4.69, 9.17) is 4.74 Å². The number of amides is 2. The van der Waals surface area contributed by atoms with Crippen LogP contribution in [0.25, 0.3) is 0 Å². The van der Waals surface area contributed by atoms with Gasteiger partial charge < -0.3 is 15.0 Å².